The average Bonchev–Trinajstić information content (AvgIpc) is 2.62. The first-order chi connectivity index (χ1) is 12.9. The van der Waals surface area contributed by atoms with Crippen LogP contribution < -0.4 is 16.0 Å². The van der Waals surface area contributed by atoms with Crippen molar-refractivity contribution in [2.75, 3.05) is 11.9 Å². The summed E-state index contributed by atoms with van der Waals surface area (Å²) in [6.07, 6.45) is 0.671. The summed E-state index contributed by atoms with van der Waals surface area (Å²) in [6.45, 7) is 4.02. The van der Waals surface area contributed by atoms with Crippen molar-refractivity contribution >= 4 is 17.6 Å². The summed E-state index contributed by atoms with van der Waals surface area (Å²) < 4.78 is 26.6. The molecule has 0 bridgehead atoms. The van der Waals surface area contributed by atoms with Gasteiger partial charge in [0.25, 0.3) is 0 Å². The van der Waals surface area contributed by atoms with Crippen LogP contribution >= 0.6 is 0 Å². The van der Waals surface area contributed by atoms with E-state index in [1.54, 1.807) is 13.8 Å². The molecule has 0 aromatic heterocycles. The minimum atomic E-state index is -0.890. The van der Waals surface area contributed by atoms with Crippen LogP contribution in [0.4, 0.5) is 19.3 Å². The lowest BCUT2D eigenvalue weighted by atomic mass is 10.0. The van der Waals surface area contributed by atoms with Gasteiger partial charge in [-0.2, -0.15) is 0 Å². The molecule has 2 rings (SSSR count). The third-order valence-corrected chi connectivity index (χ3v) is 3.97. The highest BCUT2D eigenvalue weighted by Gasteiger charge is 2.24. The standard InChI is InChI=1S/C20H23F2N3O2/c1-13(2)18(19(26)23-11-10-14-6-4-3-5-7-14)25-20(27)24-17-9-8-15(21)12-16(17)22/h3-9,12-13,18H,10-11H2,1-2H3,(H,23,26)(H2,24,25,27). The Morgan fingerprint density at radius 3 is 2.37 bits per heavy atom. The largest absolute Gasteiger partial charge is 0.354 e. The van der Waals surface area contributed by atoms with Crippen LogP contribution in [-0.4, -0.2) is 24.5 Å². The van der Waals surface area contributed by atoms with Gasteiger partial charge < -0.3 is 16.0 Å². The highest BCUT2D eigenvalue weighted by atomic mass is 19.1. The van der Waals surface area contributed by atoms with Gasteiger partial charge in [-0.15, -0.1) is 0 Å². The molecule has 0 saturated carbocycles. The summed E-state index contributed by atoms with van der Waals surface area (Å²) in [4.78, 5) is 24.5. The molecule has 0 heterocycles. The number of carbonyl (C=O) groups excluding carboxylic acids is 2. The Morgan fingerprint density at radius 1 is 1.04 bits per heavy atom. The zero-order valence-electron chi connectivity index (χ0n) is 15.3. The summed E-state index contributed by atoms with van der Waals surface area (Å²) in [5.74, 6) is -2.13. The van der Waals surface area contributed by atoms with E-state index in [1.807, 2.05) is 30.3 Å². The number of benzene rings is 2. The van der Waals surface area contributed by atoms with Crippen molar-refractivity contribution in [2.45, 2.75) is 26.3 Å². The number of urea groups is 1. The maximum absolute atomic E-state index is 13.6. The van der Waals surface area contributed by atoms with E-state index >= 15 is 0 Å². The van der Waals surface area contributed by atoms with E-state index in [-0.39, 0.29) is 17.5 Å². The molecule has 2 aromatic rings. The first-order valence-electron chi connectivity index (χ1n) is 8.71. The van der Waals surface area contributed by atoms with Crippen molar-refractivity contribution in [2.24, 2.45) is 5.92 Å². The predicted octanol–water partition coefficient (Wildman–Crippen LogP) is 3.47. The number of nitrogens with one attached hydrogen (secondary N) is 3. The molecular formula is C20H23F2N3O2. The number of hydrogen-bond donors (Lipinski definition) is 3. The van der Waals surface area contributed by atoms with Crippen molar-refractivity contribution in [3.05, 3.63) is 65.7 Å². The molecule has 7 heteroatoms. The van der Waals surface area contributed by atoms with Crippen molar-refractivity contribution in [1.29, 1.82) is 0 Å². The van der Waals surface area contributed by atoms with E-state index in [0.717, 1.165) is 17.7 Å². The highest BCUT2D eigenvalue weighted by Crippen LogP contribution is 2.15. The topological polar surface area (TPSA) is 70.2 Å². The molecular weight excluding hydrogens is 352 g/mol. The molecule has 0 radical (unpaired) electrons. The van der Waals surface area contributed by atoms with Gasteiger partial charge in [-0.05, 0) is 30.0 Å². The third kappa shape index (κ3) is 6.36. The molecule has 0 aliphatic rings. The second-order valence-electron chi connectivity index (χ2n) is 6.47. The molecule has 1 unspecified atom stereocenters. The molecule has 27 heavy (non-hydrogen) atoms. The van der Waals surface area contributed by atoms with Crippen LogP contribution in [0.25, 0.3) is 0 Å². The molecule has 5 nitrogen and oxygen atoms in total. The Kier molecular flexibility index (Phi) is 7.28. The molecule has 3 N–H and O–H groups in total. The number of rotatable bonds is 7. The summed E-state index contributed by atoms with van der Waals surface area (Å²) >= 11 is 0. The van der Waals surface area contributed by atoms with Gasteiger partial charge in [-0.3, -0.25) is 4.79 Å². The van der Waals surface area contributed by atoms with E-state index in [1.165, 1.54) is 0 Å². The zero-order chi connectivity index (χ0) is 19.8. The quantitative estimate of drug-likeness (QED) is 0.694. The zero-order valence-corrected chi connectivity index (χ0v) is 15.3. The lowest BCUT2D eigenvalue weighted by Gasteiger charge is -2.22. The van der Waals surface area contributed by atoms with Crippen molar-refractivity contribution in [3.63, 3.8) is 0 Å². The SMILES string of the molecule is CC(C)C(NC(=O)Nc1ccc(F)cc1F)C(=O)NCCc1ccccc1. The van der Waals surface area contributed by atoms with Gasteiger partial charge in [0.05, 0.1) is 5.69 Å². The van der Waals surface area contributed by atoms with Gasteiger partial charge in [0, 0.05) is 12.6 Å². The molecule has 0 aliphatic carbocycles. The van der Waals surface area contributed by atoms with E-state index < -0.39 is 23.7 Å². The number of carbonyl (C=O) groups is 2. The molecule has 0 fully saturated rings. The summed E-state index contributed by atoms with van der Waals surface area (Å²) in [6, 6.07) is 11.0. The van der Waals surface area contributed by atoms with Crippen LogP contribution in [0.3, 0.4) is 0 Å². The molecule has 1 atom stereocenters. The Morgan fingerprint density at radius 2 is 1.74 bits per heavy atom. The highest BCUT2D eigenvalue weighted by molar-refractivity contribution is 5.93. The normalized spacial score (nSPS) is 11.7. The summed E-state index contributed by atoms with van der Waals surface area (Å²) in [5, 5.41) is 7.62. The third-order valence-electron chi connectivity index (χ3n) is 3.97. The van der Waals surface area contributed by atoms with E-state index in [2.05, 4.69) is 16.0 Å². The Balaban J connectivity index is 1.89. The average molecular weight is 375 g/mol. The maximum atomic E-state index is 13.6. The van der Waals surface area contributed by atoms with Crippen LogP contribution in [0, 0.1) is 17.6 Å². The van der Waals surface area contributed by atoms with E-state index in [9.17, 15) is 18.4 Å². The van der Waals surface area contributed by atoms with Crippen molar-refractivity contribution in [3.8, 4) is 0 Å². The molecule has 0 spiro atoms. The fourth-order valence-electron chi connectivity index (χ4n) is 2.51. The van der Waals surface area contributed by atoms with Gasteiger partial charge in [-0.25, -0.2) is 13.6 Å². The Labute approximate surface area is 157 Å². The second kappa shape index (κ2) is 9.66. The predicted molar refractivity (Wildman–Crippen MR) is 100 cm³/mol. The minimum absolute atomic E-state index is 0.166. The maximum Gasteiger partial charge on any atom is 0.319 e. The summed E-state index contributed by atoms with van der Waals surface area (Å²) in [5.41, 5.74) is 0.928. The molecule has 0 saturated heterocycles. The number of halogens is 2. The van der Waals surface area contributed by atoms with E-state index in [0.29, 0.717) is 19.0 Å². The van der Waals surface area contributed by atoms with Gasteiger partial charge in [0.1, 0.15) is 17.7 Å². The first-order valence-corrected chi connectivity index (χ1v) is 8.71. The van der Waals surface area contributed by atoms with Gasteiger partial charge in [0.15, 0.2) is 0 Å². The Hall–Kier alpha value is -2.96. The molecule has 0 aliphatic heterocycles. The van der Waals surface area contributed by atoms with Gasteiger partial charge in [0.2, 0.25) is 5.91 Å². The fourth-order valence-corrected chi connectivity index (χ4v) is 2.51. The first kappa shape index (κ1) is 20.4. The van der Waals surface area contributed by atoms with Crippen molar-refractivity contribution < 1.29 is 18.4 Å². The van der Waals surface area contributed by atoms with Crippen LogP contribution in [0.5, 0.6) is 0 Å². The Bertz CT molecular complexity index is 782. The van der Waals surface area contributed by atoms with Crippen LogP contribution in [0.15, 0.2) is 48.5 Å². The lowest BCUT2D eigenvalue weighted by molar-refractivity contribution is -0.123. The van der Waals surface area contributed by atoms with Crippen molar-refractivity contribution in [1.82, 2.24) is 10.6 Å². The molecule has 2 aromatic carbocycles. The number of anilines is 1. The van der Waals surface area contributed by atoms with Crippen LogP contribution in [0.2, 0.25) is 0 Å². The van der Waals surface area contributed by atoms with E-state index in [4.69, 9.17) is 0 Å². The van der Waals surface area contributed by atoms with Gasteiger partial charge in [-0.1, -0.05) is 44.2 Å². The lowest BCUT2D eigenvalue weighted by Crippen LogP contribution is -2.51. The fraction of sp³-hybridized carbons (Fsp3) is 0.300. The minimum Gasteiger partial charge on any atom is -0.354 e. The smallest absolute Gasteiger partial charge is 0.319 e. The number of amides is 3. The van der Waals surface area contributed by atoms with Crippen LogP contribution in [-0.2, 0) is 11.2 Å². The second-order valence-corrected chi connectivity index (χ2v) is 6.47. The monoisotopic (exact) mass is 375 g/mol. The molecule has 144 valence electrons. The summed E-state index contributed by atoms with van der Waals surface area (Å²) in [7, 11) is 0. The number of hydrogen-bond acceptors (Lipinski definition) is 2. The van der Waals surface area contributed by atoms with Gasteiger partial charge >= 0.3 is 6.03 Å². The van der Waals surface area contributed by atoms with Crippen LogP contribution in [0.1, 0.15) is 19.4 Å². The molecule has 3 amide bonds.